The highest BCUT2D eigenvalue weighted by Gasteiger charge is 2.26. The number of hydrogen-bond acceptors (Lipinski definition) is 3. The molecule has 0 saturated carbocycles. The van der Waals surface area contributed by atoms with Crippen molar-refractivity contribution in [3.8, 4) is 0 Å². The van der Waals surface area contributed by atoms with Crippen molar-refractivity contribution in [3.05, 3.63) is 35.0 Å². The second-order valence-electron chi connectivity index (χ2n) is 4.35. The van der Waals surface area contributed by atoms with Gasteiger partial charge in [0.2, 0.25) is 5.78 Å². The van der Waals surface area contributed by atoms with E-state index in [1.807, 2.05) is 6.07 Å². The molecule has 3 rings (SSSR count). The highest BCUT2D eigenvalue weighted by Crippen LogP contribution is 2.25. The summed E-state index contributed by atoms with van der Waals surface area (Å²) < 4.78 is 5.56. The van der Waals surface area contributed by atoms with E-state index in [1.165, 1.54) is 0 Å². The van der Waals surface area contributed by atoms with Gasteiger partial charge in [-0.15, -0.1) is 0 Å². The molecule has 0 amide bonds. The lowest BCUT2D eigenvalue weighted by Gasteiger charge is -2.02. The van der Waals surface area contributed by atoms with E-state index in [-0.39, 0.29) is 11.7 Å². The zero-order valence-corrected chi connectivity index (χ0v) is 9.96. The third kappa shape index (κ3) is 1.96. The molecule has 1 aliphatic heterocycles. The van der Waals surface area contributed by atoms with Gasteiger partial charge >= 0.3 is 0 Å². The fraction of sp³-hybridized carbons (Fsp3) is 0.308. The van der Waals surface area contributed by atoms with Gasteiger partial charge in [0.1, 0.15) is 5.58 Å². The molecule has 1 atom stereocenters. The van der Waals surface area contributed by atoms with Crippen LogP contribution in [0.3, 0.4) is 0 Å². The van der Waals surface area contributed by atoms with Crippen LogP contribution in [0.4, 0.5) is 0 Å². The predicted molar refractivity (Wildman–Crippen MR) is 66.5 cm³/mol. The number of carbonyl (C=O) groups is 1. The number of fused-ring (bicyclic) bond motifs is 1. The van der Waals surface area contributed by atoms with Crippen molar-refractivity contribution < 1.29 is 9.21 Å². The molecule has 2 aromatic rings. The van der Waals surface area contributed by atoms with Gasteiger partial charge in [0.15, 0.2) is 5.76 Å². The van der Waals surface area contributed by atoms with Gasteiger partial charge in [-0.05, 0) is 37.2 Å². The minimum absolute atomic E-state index is 0.0473. The molecule has 1 N–H and O–H groups in total. The summed E-state index contributed by atoms with van der Waals surface area (Å²) in [6.07, 6.45) is 0.886. The standard InChI is InChI=1S/C13H12ClNO2/c14-10-1-2-11-9(5-10)6-12(17-11)13(16)8-3-4-15-7-8/h1-2,5-6,8,15H,3-4,7H2. The van der Waals surface area contributed by atoms with E-state index < -0.39 is 0 Å². The Morgan fingerprint density at radius 3 is 3.06 bits per heavy atom. The topological polar surface area (TPSA) is 42.2 Å². The van der Waals surface area contributed by atoms with Crippen molar-refractivity contribution in [2.75, 3.05) is 13.1 Å². The highest BCUT2D eigenvalue weighted by atomic mass is 35.5. The van der Waals surface area contributed by atoms with Crippen LogP contribution in [0.15, 0.2) is 28.7 Å². The lowest BCUT2D eigenvalue weighted by atomic mass is 10.0. The Balaban J connectivity index is 1.97. The first kappa shape index (κ1) is 10.8. The normalized spacial score (nSPS) is 19.9. The lowest BCUT2D eigenvalue weighted by molar-refractivity contribution is 0.0904. The fourth-order valence-corrected chi connectivity index (χ4v) is 2.40. The number of rotatable bonds is 2. The number of furan rings is 1. The molecule has 3 nitrogen and oxygen atoms in total. The van der Waals surface area contributed by atoms with E-state index >= 15 is 0 Å². The fourth-order valence-electron chi connectivity index (χ4n) is 2.22. The van der Waals surface area contributed by atoms with Crippen LogP contribution in [0.5, 0.6) is 0 Å². The van der Waals surface area contributed by atoms with E-state index in [1.54, 1.807) is 18.2 Å². The minimum atomic E-state index is 0.0473. The van der Waals surface area contributed by atoms with Crippen molar-refractivity contribution in [1.82, 2.24) is 5.32 Å². The summed E-state index contributed by atoms with van der Waals surface area (Å²) in [6, 6.07) is 7.14. The molecule has 1 saturated heterocycles. The van der Waals surface area contributed by atoms with Crippen molar-refractivity contribution in [2.45, 2.75) is 6.42 Å². The Labute approximate surface area is 104 Å². The largest absolute Gasteiger partial charge is 0.453 e. The van der Waals surface area contributed by atoms with Crippen molar-refractivity contribution >= 4 is 28.4 Å². The van der Waals surface area contributed by atoms with Crippen molar-refractivity contribution in [3.63, 3.8) is 0 Å². The van der Waals surface area contributed by atoms with Gasteiger partial charge in [0, 0.05) is 22.9 Å². The first-order chi connectivity index (χ1) is 8.24. The predicted octanol–water partition coefficient (Wildman–Crippen LogP) is 2.88. The summed E-state index contributed by atoms with van der Waals surface area (Å²) in [6.45, 7) is 1.65. The smallest absolute Gasteiger partial charge is 0.202 e. The summed E-state index contributed by atoms with van der Waals surface area (Å²) in [5, 5.41) is 4.72. The van der Waals surface area contributed by atoms with Gasteiger partial charge < -0.3 is 9.73 Å². The number of hydrogen-bond donors (Lipinski definition) is 1. The van der Waals surface area contributed by atoms with Gasteiger partial charge in [-0.3, -0.25) is 4.79 Å². The van der Waals surface area contributed by atoms with E-state index in [4.69, 9.17) is 16.0 Å². The summed E-state index contributed by atoms with van der Waals surface area (Å²) in [5.41, 5.74) is 0.712. The van der Waals surface area contributed by atoms with Crippen molar-refractivity contribution in [2.24, 2.45) is 5.92 Å². The highest BCUT2D eigenvalue weighted by molar-refractivity contribution is 6.31. The molecule has 1 aromatic carbocycles. The summed E-state index contributed by atoms with van der Waals surface area (Å²) in [7, 11) is 0. The number of nitrogens with one attached hydrogen (secondary N) is 1. The zero-order chi connectivity index (χ0) is 11.8. The van der Waals surface area contributed by atoms with Crippen LogP contribution in [-0.4, -0.2) is 18.9 Å². The number of halogens is 1. The lowest BCUT2D eigenvalue weighted by Crippen LogP contribution is -2.17. The molecule has 88 valence electrons. The molecule has 17 heavy (non-hydrogen) atoms. The Hall–Kier alpha value is -1.32. The molecule has 0 aliphatic carbocycles. The van der Waals surface area contributed by atoms with Gasteiger partial charge in [0.05, 0.1) is 0 Å². The van der Waals surface area contributed by atoms with Gasteiger partial charge in [-0.1, -0.05) is 11.6 Å². The molecule has 4 heteroatoms. The average molecular weight is 250 g/mol. The number of ketones is 1. The van der Waals surface area contributed by atoms with Gasteiger partial charge in [-0.2, -0.15) is 0 Å². The average Bonchev–Trinajstić information content (AvgIpc) is 2.96. The SMILES string of the molecule is O=C(c1cc2cc(Cl)ccc2o1)C1CCNC1. The Morgan fingerprint density at radius 2 is 2.29 bits per heavy atom. The van der Waals surface area contributed by atoms with E-state index in [0.717, 1.165) is 24.9 Å². The first-order valence-electron chi connectivity index (χ1n) is 5.68. The molecule has 0 spiro atoms. The minimum Gasteiger partial charge on any atom is -0.453 e. The Morgan fingerprint density at radius 1 is 1.41 bits per heavy atom. The molecule has 0 bridgehead atoms. The number of Topliss-reactive ketones (excluding diaryl/α,β-unsaturated/α-hetero) is 1. The molecular formula is C13H12ClNO2. The molecule has 2 heterocycles. The summed E-state index contributed by atoms with van der Waals surface area (Å²) in [5.74, 6) is 0.573. The van der Waals surface area contributed by atoms with Gasteiger partial charge in [-0.25, -0.2) is 0 Å². The van der Waals surface area contributed by atoms with E-state index in [9.17, 15) is 4.79 Å². The monoisotopic (exact) mass is 249 g/mol. The summed E-state index contributed by atoms with van der Waals surface area (Å²) in [4.78, 5) is 12.1. The zero-order valence-electron chi connectivity index (χ0n) is 9.20. The third-order valence-electron chi connectivity index (χ3n) is 3.15. The van der Waals surface area contributed by atoms with Crippen LogP contribution >= 0.6 is 11.6 Å². The quantitative estimate of drug-likeness (QED) is 0.833. The molecule has 1 unspecified atom stereocenters. The number of benzene rings is 1. The molecule has 1 aliphatic rings. The van der Waals surface area contributed by atoms with Crippen LogP contribution in [0.1, 0.15) is 17.0 Å². The maximum atomic E-state index is 12.1. The van der Waals surface area contributed by atoms with E-state index in [0.29, 0.717) is 16.4 Å². The Kier molecular flexibility index (Phi) is 2.65. The summed E-state index contributed by atoms with van der Waals surface area (Å²) >= 11 is 5.90. The second kappa shape index (κ2) is 4.17. The van der Waals surface area contributed by atoms with Crippen LogP contribution < -0.4 is 5.32 Å². The first-order valence-corrected chi connectivity index (χ1v) is 6.06. The second-order valence-corrected chi connectivity index (χ2v) is 4.78. The third-order valence-corrected chi connectivity index (χ3v) is 3.39. The van der Waals surface area contributed by atoms with Crippen LogP contribution in [-0.2, 0) is 0 Å². The molecule has 0 radical (unpaired) electrons. The van der Waals surface area contributed by atoms with Crippen LogP contribution in [0, 0.1) is 5.92 Å². The van der Waals surface area contributed by atoms with Crippen LogP contribution in [0.2, 0.25) is 5.02 Å². The van der Waals surface area contributed by atoms with E-state index in [2.05, 4.69) is 5.32 Å². The Bertz CT molecular complexity index is 570. The van der Waals surface area contributed by atoms with Gasteiger partial charge in [0.25, 0.3) is 0 Å². The molecular weight excluding hydrogens is 238 g/mol. The molecule has 1 aromatic heterocycles. The van der Waals surface area contributed by atoms with Crippen LogP contribution in [0.25, 0.3) is 11.0 Å². The maximum absolute atomic E-state index is 12.1. The molecule has 1 fully saturated rings. The number of carbonyl (C=O) groups excluding carboxylic acids is 1. The maximum Gasteiger partial charge on any atom is 0.202 e. The van der Waals surface area contributed by atoms with Crippen molar-refractivity contribution in [1.29, 1.82) is 0 Å².